The molecule has 0 bridgehead atoms. The minimum Gasteiger partial charge on any atom is -0.344 e. The van der Waals surface area contributed by atoms with E-state index < -0.39 is 5.41 Å². The molecule has 2 aromatic rings. The number of hydrogen-bond donors (Lipinski definition) is 1. The molecule has 23 heavy (non-hydrogen) atoms. The maximum absolute atomic E-state index is 12.7. The molecule has 1 aliphatic rings. The highest BCUT2D eigenvalue weighted by Gasteiger charge is 2.51. The van der Waals surface area contributed by atoms with Gasteiger partial charge in [0.05, 0.1) is 11.1 Å². The van der Waals surface area contributed by atoms with E-state index in [9.17, 15) is 9.59 Å². The van der Waals surface area contributed by atoms with Gasteiger partial charge in [-0.25, -0.2) is 4.98 Å². The van der Waals surface area contributed by atoms with Crippen molar-refractivity contribution in [3.8, 4) is 0 Å². The van der Waals surface area contributed by atoms with Crippen molar-refractivity contribution in [2.75, 3.05) is 19.4 Å². The molecule has 3 rings (SSSR count). The molecule has 1 saturated carbocycles. The Morgan fingerprint density at radius 1 is 1.22 bits per heavy atom. The quantitative estimate of drug-likeness (QED) is 0.938. The first-order valence-electron chi connectivity index (χ1n) is 7.50. The smallest absolute Gasteiger partial charge is 0.265 e. The summed E-state index contributed by atoms with van der Waals surface area (Å²) in [7, 11) is 3.41. The molecular formula is C17H19N3O2S. The largest absolute Gasteiger partial charge is 0.344 e. The molecule has 0 atom stereocenters. The second kappa shape index (κ2) is 5.77. The minimum absolute atomic E-state index is 0.0405. The lowest BCUT2D eigenvalue weighted by Crippen LogP contribution is -2.27. The van der Waals surface area contributed by atoms with Crippen LogP contribution < -0.4 is 5.32 Å². The second-order valence-corrected chi connectivity index (χ2v) is 7.03. The average molecular weight is 329 g/mol. The van der Waals surface area contributed by atoms with Gasteiger partial charge in [-0.2, -0.15) is 0 Å². The first-order chi connectivity index (χ1) is 10.9. The lowest BCUT2D eigenvalue weighted by atomic mass is 9.95. The summed E-state index contributed by atoms with van der Waals surface area (Å²) in [5, 5.41) is 3.38. The second-order valence-electron chi connectivity index (χ2n) is 6.04. The summed E-state index contributed by atoms with van der Waals surface area (Å²) in [5.74, 6) is -0.133. The van der Waals surface area contributed by atoms with E-state index in [2.05, 4.69) is 10.3 Å². The van der Waals surface area contributed by atoms with Crippen molar-refractivity contribution in [3.63, 3.8) is 0 Å². The molecule has 5 nitrogen and oxygen atoms in total. The van der Waals surface area contributed by atoms with Crippen molar-refractivity contribution in [3.05, 3.63) is 46.5 Å². The fraction of sp³-hybridized carbons (Fsp3) is 0.353. The van der Waals surface area contributed by atoms with Crippen LogP contribution >= 0.6 is 11.3 Å². The molecule has 1 aromatic carbocycles. The van der Waals surface area contributed by atoms with Crippen molar-refractivity contribution in [2.24, 2.45) is 0 Å². The highest BCUT2D eigenvalue weighted by atomic mass is 32.1. The maximum Gasteiger partial charge on any atom is 0.265 e. The third-order valence-electron chi connectivity index (χ3n) is 4.13. The maximum atomic E-state index is 12.7. The lowest BCUT2D eigenvalue weighted by Gasteiger charge is -2.14. The Bertz CT molecular complexity index is 748. The summed E-state index contributed by atoms with van der Waals surface area (Å²) in [6.07, 6.45) is 1.69. The van der Waals surface area contributed by atoms with Gasteiger partial charge in [0.1, 0.15) is 4.88 Å². The summed E-state index contributed by atoms with van der Waals surface area (Å²) in [5.41, 5.74) is 1.25. The van der Waals surface area contributed by atoms with Crippen molar-refractivity contribution in [1.29, 1.82) is 0 Å². The fourth-order valence-electron chi connectivity index (χ4n) is 2.60. The minimum atomic E-state index is -0.438. The van der Waals surface area contributed by atoms with Crippen molar-refractivity contribution >= 4 is 28.3 Å². The van der Waals surface area contributed by atoms with E-state index in [-0.39, 0.29) is 11.8 Å². The summed E-state index contributed by atoms with van der Waals surface area (Å²) in [6, 6.07) is 9.82. The standard InChI is InChI=1S/C17H19N3O2S/c1-11-13(14(21)20(2)3)23-16(18-11)19-15(22)17(9-10-17)12-7-5-4-6-8-12/h4-8H,9-10H2,1-3H3,(H,18,19,22). The van der Waals surface area contributed by atoms with E-state index in [0.717, 1.165) is 18.4 Å². The summed E-state index contributed by atoms with van der Waals surface area (Å²) >= 11 is 1.23. The van der Waals surface area contributed by atoms with Crippen LogP contribution in [0.4, 0.5) is 5.13 Å². The first kappa shape index (κ1) is 15.7. The van der Waals surface area contributed by atoms with Gasteiger partial charge in [-0.05, 0) is 25.3 Å². The van der Waals surface area contributed by atoms with Crippen LogP contribution in [0, 0.1) is 6.92 Å². The van der Waals surface area contributed by atoms with Gasteiger partial charge >= 0.3 is 0 Å². The number of rotatable bonds is 4. The van der Waals surface area contributed by atoms with Gasteiger partial charge in [0.15, 0.2) is 5.13 Å². The van der Waals surface area contributed by atoms with Gasteiger partial charge in [0.2, 0.25) is 5.91 Å². The zero-order valence-electron chi connectivity index (χ0n) is 13.4. The SMILES string of the molecule is Cc1nc(NC(=O)C2(c3ccccc3)CC2)sc1C(=O)N(C)C. The zero-order chi connectivity index (χ0) is 16.6. The van der Waals surface area contributed by atoms with Crippen LogP contribution in [0.5, 0.6) is 0 Å². The molecule has 2 amide bonds. The fourth-order valence-corrected chi connectivity index (χ4v) is 3.58. The third-order valence-corrected chi connectivity index (χ3v) is 5.19. The number of carbonyl (C=O) groups is 2. The van der Waals surface area contributed by atoms with Crippen LogP contribution in [-0.2, 0) is 10.2 Å². The first-order valence-corrected chi connectivity index (χ1v) is 8.32. The number of nitrogens with one attached hydrogen (secondary N) is 1. The van der Waals surface area contributed by atoms with Crippen LogP contribution in [0.3, 0.4) is 0 Å². The van der Waals surface area contributed by atoms with E-state index in [1.807, 2.05) is 30.3 Å². The molecule has 1 N–H and O–H groups in total. The number of benzene rings is 1. The molecule has 0 spiro atoms. The van der Waals surface area contributed by atoms with Gasteiger partial charge < -0.3 is 10.2 Å². The number of nitrogens with zero attached hydrogens (tertiary/aromatic N) is 2. The van der Waals surface area contributed by atoms with Gasteiger partial charge in [-0.15, -0.1) is 0 Å². The van der Waals surface area contributed by atoms with Crippen LogP contribution in [0.25, 0.3) is 0 Å². The van der Waals surface area contributed by atoms with Crippen LogP contribution in [0.15, 0.2) is 30.3 Å². The van der Waals surface area contributed by atoms with E-state index in [1.54, 1.807) is 21.0 Å². The Kier molecular flexibility index (Phi) is 3.93. The Morgan fingerprint density at radius 3 is 2.43 bits per heavy atom. The summed E-state index contributed by atoms with van der Waals surface area (Å²) in [6.45, 7) is 1.78. The summed E-state index contributed by atoms with van der Waals surface area (Å²) in [4.78, 5) is 31.2. The number of aromatic nitrogens is 1. The van der Waals surface area contributed by atoms with Crippen LogP contribution in [-0.4, -0.2) is 35.8 Å². The molecular weight excluding hydrogens is 310 g/mol. The molecule has 1 fully saturated rings. The Labute approximate surface area is 139 Å². The topological polar surface area (TPSA) is 62.3 Å². The normalized spacial score (nSPS) is 15.1. The highest BCUT2D eigenvalue weighted by Crippen LogP contribution is 2.49. The Morgan fingerprint density at radius 2 is 1.87 bits per heavy atom. The third kappa shape index (κ3) is 2.86. The van der Waals surface area contributed by atoms with Gasteiger partial charge in [0.25, 0.3) is 5.91 Å². The predicted octanol–water partition coefficient (Wildman–Crippen LogP) is 2.82. The van der Waals surface area contributed by atoms with Crippen molar-refractivity contribution in [1.82, 2.24) is 9.88 Å². The molecule has 0 saturated heterocycles. The average Bonchev–Trinajstić information content (AvgIpc) is 3.27. The molecule has 6 heteroatoms. The van der Waals surface area contributed by atoms with E-state index in [1.165, 1.54) is 16.2 Å². The molecule has 120 valence electrons. The molecule has 1 aromatic heterocycles. The van der Waals surface area contributed by atoms with Gasteiger partial charge in [-0.1, -0.05) is 41.7 Å². The van der Waals surface area contributed by atoms with Crippen molar-refractivity contribution in [2.45, 2.75) is 25.2 Å². The van der Waals surface area contributed by atoms with Gasteiger partial charge in [-0.3, -0.25) is 9.59 Å². The molecule has 0 aliphatic heterocycles. The molecule has 1 aliphatic carbocycles. The Hall–Kier alpha value is -2.21. The number of carbonyl (C=O) groups excluding carboxylic acids is 2. The number of thiazole rings is 1. The number of amides is 2. The van der Waals surface area contributed by atoms with Crippen LogP contribution in [0.2, 0.25) is 0 Å². The van der Waals surface area contributed by atoms with E-state index in [0.29, 0.717) is 15.7 Å². The van der Waals surface area contributed by atoms with Gasteiger partial charge in [0, 0.05) is 14.1 Å². The van der Waals surface area contributed by atoms with Crippen LogP contribution in [0.1, 0.15) is 33.8 Å². The van der Waals surface area contributed by atoms with E-state index >= 15 is 0 Å². The highest BCUT2D eigenvalue weighted by molar-refractivity contribution is 7.17. The van der Waals surface area contributed by atoms with E-state index in [4.69, 9.17) is 0 Å². The van der Waals surface area contributed by atoms with Crippen molar-refractivity contribution < 1.29 is 9.59 Å². The molecule has 1 heterocycles. The Balaban J connectivity index is 1.79. The number of anilines is 1. The molecule has 0 radical (unpaired) electrons. The monoisotopic (exact) mass is 329 g/mol. The number of hydrogen-bond acceptors (Lipinski definition) is 4. The zero-order valence-corrected chi connectivity index (χ0v) is 14.2. The molecule has 0 unspecified atom stereocenters. The number of aryl methyl sites for hydroxylation is 1. The lowest BCUT2D eigenvalue weighted by molar-refractivity contribution is -0.118. The summed E-state index contributed by atoms with van der Waals surface area (Å²) < 4.78 is 0. The predicted molar refractivity (Wildman–Crippen MR) is 90.9 cm³/mol.